The summed E-state index contributed by atoms with van der Waals surface area (Å²) in [5.41, 5.74) is 2.43. The zero-order valence-corrected chi connectivity index (χ0v) is 18.9. The second-order valence-corrected chi connectivity index (χ2v) is 8.26. The molecule has 2 aromatic carbocycles. The Bertz CT molecular complexity index is 1240. The van der Waals surface area contributed by atoms with E-state index in [1.807, 2.05) is 29.0 Å². The summed E-state index contributed by atoms with van der Waals surface area (Å²) in [6.07, 6.45) is 2.98. The molecule has 1 aliphatic rings. The van der Waals surface area contributed by atoms with E-state index >= 15 is 0 Å². The van der Waals surface area contributed by atoms with Crippen LogP contribution >= 0.6 is 0 Å². The monoisotopic (exact) mass is 463 g/mol. The van der Waals surface area contributed by atoms with Crippen molar-refractivity contribution in [2.45, 2.75) is 6.54 Å². The van der Waals surface area contributed by atoms with Crippen molar-refractivity contribution >= 4 is 29.0 Å². The van der Waals surface area contributed by atoms with Gasteiger partial charge in [-0.15, -0.1) is 0 Å². The van der Waals surface area contributed by atoms with E-state index in [0.717, 1.165) is 10.9 Å². The average Bonchev–Trinajstić information content (AvgIpc) is 3.29. The first-order valence-corrected chi connectivity index (χ1v) is 11.1. The Morgan fingerprint density at radius 3 is 2.62 bits per heavy atom. The van der Waals surface area contributed by atoms with E-state index in [-0.39, 0.29) is 30.5 Å². The van der Waals surface area contributed by atoms with E-state index in [2.05, 4.69) is 0 Å². The van der Waals surface area contributed by atoms with Crippen LogP contribution in [0.25, 0.3) is 10.9 Å². The van der Waals surface area contributed by atoms with E-state index in [0.29, 0.717) is 55.6 Å². The molecule has 34 heavy (non-hydrogen) atoms. The van der Waals surface area contributed by atoms with Crippen LogP contribution in [-0.4, -0.2) is 72.4 Å². The second kappa shape index (κ2) is 10.4. The molecule has 2 amide bonds. The highest BCUT2D eigenvalue weighted by Gasteiger charge is 2.20. The van der Waals surface area contributed by atoms with Crippen LogP contribution in [0.1, 0.15) is 31.1 Å². The summed E-state index contributed by atoms with van der Waals surface area (Å²) in [6.45, 7) is 2.54. The van der Waals surface area contributed by atoms with Crippen molar-refractivity contribution < 1.29 is 23.5 Å². The fourth-order valence-electron chi connectivity index (χ4n) is 4.13. The van der Waals surface area contributed by atoms with Gasteiger partial charge in [-0.1, -0.05) is 18.2 Å². The molecule has 8 heteroatoms. The van der Waals surface area contributed by atoms with Gasteiger partial charge in [-0.05, 0) is 35.9 Å². The van der Waals surface area contributed by atoms with E-state index in [1.165, 1.54) is 4.90 Å². The number of carbonyl (C=O) groups is 3. The van der Waals surface area contributed by atoms with E-state index in [1.54, 1.807) is 42.3 Å². The molecule has 0 atom stereocenters. The lowest BCUT2D eigenvalue weighted by molar-refractivity contribution is 0.0303. The Hall–Kier alpha value is -3.78. The fourth-order valence-corrected chi connectivity index (χ4v) is 4.13. The first-order valence-electron chi connectivity index (χ1n) is 11.1. The Morgan fingerprint density at radius 2 is 1.88 bits per heavy atom. The van der Waals surface area contributed by atoms with Crippen molar-refractivity contribution in [1.82, 2.24) is 14.4 Å². The van der Waals surface area contributed by atoms with Gasteiger partial charge in [0.1, 0.15) is 0 Å². The summed E-state index contributed by atoms with van der Waals surface area (Å²) in [4.78, 5) is 40.0. The molecule has 1 fully saturated rings. The second-order valence-electron chi connectivity index (χ2n) is 8.26. The summed E-state index contributed by atoms with van der Waals surface area (Å²) in [7, 11) is 1.57. The smallest absolute Gasteiger partial charge is 0.254 e. The van der Waals surface area contributed by atoms with Crippen LogP contribution in [0.2, 0.25) is 0 Å². The molecule has 0 aliphatic carbocycles. The SMILES string of the molecule is CN(C/C(=C\F)Cn1ccc2cc(C(=O)N3CCOCC3)ccc21)C(=O)c1ccccc1C=O. The number of fused-ring (bicyclic) bond motifs is 1. The van der Waals surface area contributed by atoms with Gasteiger partial charge in [0.15, 0.2) is 6.29 Å². The highest BCUT2D eigenvalue weighted by Crippen LogP contribution is 2.21. The van der Waals surface area contributed by atoms with Gasteiger partial charge < -0.3 is 19.1 Å². The molecule has 1 aliphatic heterocycles. The molecule has 0 saturated carbocycles. The Kier molecular flexibility index (Phi) is 7.18. The molecule has 1 saturated heterocycles. The molecule has 1 aromatic heterocycles. The standard InChI is InChI=1S/C26H26FN3O4/c1-28(26(33)23-5-3-2-4-22(23)18-31)16-19(15-27)17-30-9-8-20-14-21(6-7-24(20)30)25(32)29-10-12-34-13-11-29/h2-9,14-15,18H,10-13,16-17H2,1H3/b19-15+. The average molecular weight is 464 g/mol. The maximum Gasteiger partial charge on any atom is 0.254 e. The number of hydrogen-bond donors (Lipinski definition) is 0. The van der Waals surface area contributed by atoms with Crippen molar-refractivity contribution in [3.05, 3.63) is 83.3 Å². The zero-order valence-electron chi connectivity index (χ0n) is 18.9. The number of nitrogens with zero attached hydrogens (tertiary/aromatic N) is 3. The molecule has 0 spiro atoms. The predicted molar refractivity (Wildman–Crippen MR) is 127 cm³/mol. The van der Waals surface area contributed by atoms with E-state index in [9.17, 15) is 18.8 Å². The number of hydrogen-bond acceptors (Lipinski definition) is 4. The molecular weight excluding hydrogens is 437 g/mol. The number of halogens is 1. The molecule has 0 unspecified atom stereocenters. The molecule has 2 heterocycles. The Balaban J connectivity index is 1.47. The lowest BCUT2D eigenvalue weighted by atomic mass is 10.1. The van der Waals surface area contributed by atoms with Crippen LogP contribution in [0.15, 0.2) is 66.6 Å². The molecular formula is C26H26FN3O4. The van der Waals surface area contributed by atoms with Crippen LogP contribution in [0.5, 0.6) is 0 Å². The van der Waals surface area contributed by atoms with E-state index < -0.39 is 0 Å². The Morgan fingerprint density at radius 1 is 1.12 bits per heavy atom. The summed E-state index contributed by atoms with van der Waals surface area (Å²) in [6, 6.07) is 13.9. The van der Waals surface area contributed by atoms with Crippen molar-refractivity contribution in [2.24, 2.45) is 0 Å². The number of ether oxygens (including phenoxy) is 1. The van der Waals surface area contributed by atoms with Gasteiger partial charge in [-0.3, -0.25) is 14.4 Å². The molecule has 0 radical (unpaired) electrons. The third kappa shape index (κ3) is 4.92. The van der Waals surface area contributed by atoms with Crippen molar-refractivity contribution in [1.29, 1.82) is 0 Å². The number of likely N-dealkylation sites (N-methyl/N-ethyl adjacent to an activating group) is 1. The lowest BCUT2D eigenvalue weighted by Crippen LogP contribution is -2.40. The Labute approximate surface area is 197 Å². The minimum Gasteiger partial charge on any atom is -0.378 e. The van der Waals surface area contributed by atoms with Gasteiger partial charge in [-0.2, -0.15) is 0 Å². The minimum atomic E-state index is -0.356. The lowest BCUT2D eigenvalue weighted by Gasteiger charge is -2.26. The third-order valence-corrected chi connectivity index (χ3v) is 5.95. The highest BCUT2D eigenvalue weighted by molar-refractivity contribution is 6.01. The van der Waals surface area contributed by atoms with Gasteiger partial charge in [0.05, 0.1) is 25.1 Å². The maximum absolute atomic E-state index is 13.8. The van der Waals surface area contributed by atoms with Gasteiger partial charge in [0.2, 0.25) is 0 Å². The topological polar surface area (TPSA) is 71.9 Å². The quantitative estimate of drug-likeness (QED) is 0.503. The normalized spacial score (nSPS) is 14.3. The number of aldehydes is 1. The largest absolute Gasteiger partial charge is 0.378 e. The van der Waals surface area contributed by atoms with Crippen molar-refractivity contribution in [3.8, 4) is 0 Å². The number of amides is 2. The molecule has 176 valence electrons. The molecule has 0 bridgehead atoms. The van der Waals surface area contributed by atoms with Gasteiger partial charge in [-0.25, -0.2) is 4.39 Å². The minimum absolute atomic E-state index is 0.0296. The van der Waals surface area contributed by atoms with Crippen molar-refractivity contribution in [3.63, 3.8) is 0 Å². The van der Waals surface area contributed by atoms with Gasteiger partial charge in [0.25, 0.3) is 11.8 Å². The van der Waals surface area contributed by atoms with Crippen LogP contribution in [0.4, 0.5) is 4.39 Å². The van der Waals surface area contributed by atoms with Gasteiger partial charge >= 0.3 is 0 Å². The molecule has 7 nitrogen and oxygen atoms in total. The van der Waals surface area contributed by atoms with Gasteiger partial charge in [0, 0.05) is 61.5 Å². The van der Waals surface area contributed by atoms with Crippen LogP contribution < -0.4 is 0 Å². The third-order valence-electron chi connectivity index (χ3n) is 5.95. The number of carbonyl (C=O) groups excluding carboxylic acids is 3. The van der Waals surface area contributed by atoms with Crippen LogP contribution in [0, 0.1) is 0 Å². The van der Waals surface area contributed by atoms with Crippen LogP contribution in [-0.2, 0) is 11.3 Å². The zero-order chi connectivity index (χ0) is 24.1. The molecule has 3 aromatic rings. The molecule has 4 rings (SSSR count). The summed E-state index contributed by atoms with van der Waals surface area (Å²) in [5.74, 6) is -0.385. The number of rotatable bonds is 7. The summed E-state index contributed by atoms with van der Waals surface area (Å²) >= 11 is 0. The molecule has 0 N–H and O–H groups in total. The van der Waals surface area contributed by atoms with Crippen molar-refractivity contribution in [2.75, 3.05) is 39.9 Å². The first-order chi connectivity index (χ1) is 16.5. The first kappa shape index (κ1) is 23.4. The predicted octanol–water partition coefficient (Wildman–Crippen LogP) is 3.55. The van der Waals surface area contributed by atoms with Crippen LogP contribution in [0.3, 0.4) is 0 Å². The summed E-state index contributed by atoms with van der Waals surface area (Å²) in [5, 5.41) is 0.877. The fraction of sp³-hybridized carbons (Fsp3) is 0.269. The summed E-state index contributed by atoms with van der Waals surface area (Å²) < 4.78 is 21.0. The number of morpholine rings is 1. The number of benzene rings is 2. The van der Waals surface area contributed by atoms with E-state index in [4.69, 9.17) is 4.74 Å². The number of aromatic nitrogens is 1. The highest BCUT2D eigenvalue weighted by atomic mass is 19.1. The maximum atomic E-state index is 13.8.